The normalized spacial score (nSPS) is 18.0. The van der Waals surface area contributed by atoms with Crippen LogP contribution in [0.1, 0.15) is 51.6 Å². The first-order valence-electron chi connectivity index (χ1n) is 8.59. The zero-order valence-corrected chi connectivity index (χ0v) is 15.1. The number of ether oxygens (including phenoxy) is 1. The largest absolute Gasteiger partial charge is 0.444 e. The van der Waals surface area contributed by atoms with Gasteiger partial charge in [0.1, 0.15) is 11.4 Å². The predicted molar refractivity (Wildman–Crippen MR) is 94.0 cm³/mol. The van der Waals surface area contributed by atoms with E-state index in [2.05, 4.69) is 5.32 Å². The molecule has 0 aromatic heterocycles. The average Bonchev–Trinajstić information content (AvgIpc) is 2.53. The fourth-order valence-electron chi connectivity index (χ4n) is 2.83. The Morgan fingerprint density at radius 1 is 1.24 bits per heavy atom. The second kappa shape index (κ2) is 8.14. The number of likely N-dealkylation sites (tertiary alicyclic amines) is 1. The molecule has 1 aliphatic rings. The van der Waals surface area contributed by atoms with Crippen LogP contribution in [-0.2, 0) is 14.3 Å². The van der Waals surface area contributed by atoms with Crippen LogP contribution in [0.15, 0.2) is 30.3 Å². The summed E-state index contributed by atoms with van der Waals surface area (Å²) in [7, 11) is 0. The minimum absolute atomic E-state index is 0.0718. The molecule has 1 N–H and O–H groups in total. The van der Waals surface area contributed by atoms with Gasteiger partial charge in [-0.15, -0.1) is 0 Å². The van der Waals surface area contributed by atoms with Gasteiger partial charge in [0.25, 0.3) is 0 Å². The summed E-state index contributed by atoms with van der Waals surface area (Å²) in [5.41, 5.74) is 0.392. The topological polar surface area (TPSA) is 75.7 Å². The fraction of sp³-hybridized carbons (Fsp3) is 0.526. The number of ketones is 1. The fourth-order valence-corrected chi connectivity index (χ4v) is 2.83. The van der Waals surface area contributed by atoms with Crippen molar-refractivity contribution in [3.05, 3.63) is 35.9 Å². The van der Waals surface area contributed by atoms with Crippen molar-refractivity contribution in [3.63, 3.8) is 0 Å². The summed E-state index contributed by atoms with van der Waals surface area (Å²) in [5, 5.41) is 2.60. The number of nitrogens with one attached hydrogen (secondary N) is 1. The number of amides is 2. The Bertz CT molecular complexity index is 622. The summed E-state index contributed by atoms with van der Waals surface area (Å²) < 4.78 is 5.15. The van der Waals surface area contributed by atoms with Crippen molar-refractivity contribution in [2.45, 2.75) is 51.7 Å². The Balaban J connectivity index is 1.92. The lowest BCUT2D eigenvalue weighted by molar-refractivity contribution is -0.138. The van der Waals surface area contributed by atoms with E-state index in [0.29, 0.717) is 19.4 Å². The van der Waals surface area contributed by atoms with E-state index in [9.17, 15) is 14.4 Å². The van der Waals surface area contributed by atoms with Crippen LogP contribution in [0.5, 0.6) is 0 Å². The van der Waals surface area contributed by atoms with Gasteiger partial charge < -0.3 is 15.0 Å². The molecule has 25 heavy (non-hydrogen) atoms. The Labute approximate surface area is 148 Å². The highest BCUT2D eigenvalue weighted by Gasteiger charge is 2.31. The Morgan fingerprint density at radius 2 is 1.92 bits per heavy atom. The van der Waals surface area contributed by atoms with Crippen LogP contribution in [0.2, 0.25) is 0 Å². The lowest BCUT2D eigenvalue weighted by Crippen LogP contribution is -2.42. The van der Waals surface area contributed by atoms with Crippen LogP contribution >= 0.6 is 0 Å². The predicted octanol–water partition coefficient (Wildman–Crippen LogP) is 2.83. The summed E-state index contributed by atoms with van der Waals surface area (Å²) in [6.45, 7) is 5.98. The van der Waals surface area contributed by atoms with Gasteiger partial charge in [-0.25, -0.2) is 4.79 Å². The van der Waals surface area contributed by atoms with Crippen LogP contribution in [0.3, 0.4) is 0 Å². The average molecular weight is 346 g/mol. The number of hydrogen-bond acceptors (Lipinski definition) is 4. The zero-order chi connectivity index (χ0) is 18.4. The van der Waals surface area contributed by atoms with Crippen molar-refractivity contribution >= 4 is 17.8 Å². The quantitative estimate of drug-likeness (QED) is 0.909. The van der Waals surface area contributed by atoms with Gasteiger partial charge in [0.15, 0.2) is 0 Å². The summed E-state index contributed by atoms with van der Waals surface area (Å²) in [6, 6.07) is 9.36. The van der Waals surface area contributed by atoms with E-state index >= 15 is 0 Å². The minimum Gasteiger partial charge on any atom is -0.444 e. The third-order valence-electron chi connectivity index (χ3n) is 3.94. The van der Waals surface area contributed by atoms with Gasteiger partial charge in [-0.1, -0.05) is 30.3 Å². The van der Waals surface area contributed by atoms with Crippen molar-refractivity contribution in [3.8, 4) is 0 Å². The minimum atomic E-state index is -0.570. The third kappa shape index (κ3) is 5.89. The maximum Gasteiger partial charge on any atom is 0.407 e. The van der Waals surface area contributed by atoms with Gasteiger partial charge in [-0.3, -0.25) is 9.59 Å². The number of carbonyl (C=O) groups is 3. The Kier molecular flexibility index (Phi) is 6.17. The second-order valence-electron chi connectivity index (χ2n) is 7.19. The summed E-state index contributed by atoms with van der Waals surface area (Å²) in [6.07, 6.45) is 0.370. The number of rotatable bonds is 4. The molecule has 6 heteroatoms. The molecule has 0 saturated carbocycles. The molecule has 2 amide bonds. The number of piperidine rings is 1. The molecule has 1 aromatic rings. The molecule has 1 saturated heterocycles. The van der Waals surface area contributed by atoms with E-state index < -0.39 is 11.7 Å². The molecule has 1 heterocycles. The van der Waals surface area contributed by atoms with Crippen LogP contribution in [-0.4, -0.2) is 41.4 Å². The molecule has 1 atom stereocenters. The lowest BCUT2D eigenvalue weighted by Gasteiger charge is -2.35. The first-order chi connectivity index (χ1) is 11.8. The highest BCUT2D eigenvalue weighted by molar-refractivity contribution is 5.84. The lowest BCUT2D eigenvalue weighted by atomic mass is 9.94. The van der Waals surface area contributed by atoms with Crippen LogP contribution in [0.4, 0.5) is 4.79 Å². The van der Waals surface area contributed by atoms with E-state index in [0.717, 1.165) is 5.56 Å². The van der Waals surface area contributed by atoms with Crippen molar-refractivity contribution < 1.29 is 19.1 Å². The molecular weight excluding hydrogens is 320 g/mol. The molecule has 6 nitrogen and oxygen atoms in total. The highest BCUT2D eigenvalue weighted by Crippen LogP contribution is 2.29. The van der Waals surface area contributed by atoms with E-state index in [1.807, 2.05) is 30.3 Å². The first kappa shape index (κ1) is 19.0. The molecule has 0 spiro atoms. The molecule has 2 rings (SSSR count). The van der Waals surface area contributed by atoms with E-state index in [-0.39, 0.29) is 30.7 Å². The van der Waals surface area contributed by atoms with Gasteiger partial charge in [-0.05, 0) is 26.3 Å². The smallest absolute Gasteiger partial charge is 0.407 e. The van der Waals surface area contributed by atoms with Gasteiger partial charge in [0, 0.05) is 32.4 Å². The zero-order valence-electron chi connectivity index (χ0n) is 15.1. The number of carbonyl (C=O) groups excluding carboxylic acids is 3. The van der Waals surface area contributed by atoms with E-state index in [1.165, 1.54) is 0 Å². The van der Waals surface area contributed by atoms with Crippen LogP contribution in [0.25, 0.3) is 0 Å². The molecule has 0 radical (unpaired) electrons. The number of Topliss-reactive ketones (excluding diaryl/α,β-unsaturated/α-hetero) is 1. The molecule has 136 valence electrons. The second-order valence-corrected chi connectivity index (χ2v) is 7.19. The molecular formula is C19H26N2O4. The number of benzene rings is 1. The van der Waals surface area contributed by atoms with E-state index in [1.54, 1.807) is 25.7 Å². The van der Waals surface area contributed by atoms with Crippen molar-refractivity contribution in [2.75, 3.05) is 13.1 Å². The molecule has 0 aliphatic carbocycles. The molecule has 0 bridgehead atoms. The van der Waals surface area contributed by atoms with Gasteiger partial charge in [0.05, 0.1) is 6.04 Å². The number of nitrogens with zero attached hydrogens (tertiary/aromatic N) is 1. The monoisotopic (exact) mass is 346 g/mol. The highest BCUT2D eigenvalue weighted by atomic mass is 16.6. The standard InChI is InChI=1S/C19H26N2O4/c1-19(2,3)25-18(24)20-11-9-17(23)21-12-10-15(22)13-16(21)14-7-5-4-6-8-14/h4-8,16H,9-13H2,1-3H3,(H,20,24)/t16-/m1/s1. The maximum absolute atomic E-state index is 12.6. The van der Waals surface area contributed by atoms with E-state index in [4.69, 9.17) is 4.74 Å². The Hall–Kier alpha value is -2.37. The first-order valence-corrected chi connectivity index (χ1v) is 8.59. The van der Waals surface area contributed by atoms with Crippen molar-refractivity contribution in [1.29, 1.82) is 0 Å². The molecule has 0 unspecified atom stereocenters. The maximum atomic E-state index is 12.6. The van der Waals surface area contributed by atoms with Crippen molar-refractivity contribution in [1.82, 2.24) is 10.2 Å². The van der Waals surface area contributed by atoms with Gasteiger partial charge >= 0.3 is 6.09 Å². The molecule has 1 aromatic carbocycles. The molecule has 1 fully saturated rings. The number of hydrogen-bond donors (Lipinski definition) is 1. The van der Waals surface area contributed by atoms with Crippen molar-refractivity contribution in [2.24, 2.45) is 0 Å². The van der Waals surface area contributed by atoms with Gasteiger partial charge in [-0.2, -0.15) is 0 Å². The molecule has 1 aliphatic heterocycles. The summed E-state index contributed by atoms with van der Waals surface area (Å²) in [4.78, 5) is 37.8. The van der Waals surface area contributed by atoms with Crippen LogP contribution < -0.4 is 5.32 Å². The summed E-state index contributed by atoms with van der Waals surface area (Å²) in [5.74, 6) is 0.0993. The third-order valence-corrected chi connectivity index (χ3v) is 3.94. The Morgan fingerprint density at radius 3 is 2.56 bits per heavy atom. The van der Waals surface area contributed by atoms with Crippen LogP contribution in [0, 0.1) is 0 Å². The summed E-state index contributed by atoms with van der Waals surface area (Å²) >= 11 is 0. The number of alkyl carbamates (subject to hydrolysis) is 1. The SMILES string of the molecule is CC(C)(C)OC(=O)NCCC(=O)N1CCC(=O)C[C@@H]1c1ccccc1. The van der Waals surface area contributed by atoms with Gasteiger partial charge in [0.2, 0.25) is 5.91 Å².